The zero-order chi connectivity index (χ0) is 9.19. The number of aromatic nitrogens is 2. The van der Waals surface area contributed by atoms with E-state index in [1.54, 1.807) is 12.3 Å². The second-order valence-corrected chi connectivity index (χ2v) is 4.02. The lowest BCUT2D eigenvalue weighted by atomic mass is 9.92. The molecule has 0 N–H and O–H groups in total. The van der Waals surface area contributed by atoms with E-state index in [0.29, 0.717) is 6.42 Å². The minimum atomic E-state index is 0.0169. The Bertz CT molecular complexity index is 257. The van der Waals surface area contributed by atoms with Gasteiger partial charge in [-0.15, -0.1) is 0 Å². The van der Waals surface area contributed by atoms with Gasteiger partial charge in [0.25, 0.3) is 0 Å². The van der Waals surface area contributed by atoms with Crippen LogP contribution in [0, 0.1) is 11.6 Å². The SMILES string of the molecule is CC(C)(C)CC(=O)n1cc[c]n1. The van der Waals surface area contributed by atoms with E-state index in [9.17, 15) is 4.79 Å². The fourth-order valence-corrected chi connectivity index (χ4v) is 0.906. The molecule has 65 valence electrons. The largest absolute Gasteiger partial charge is 0.273 e. The van der Waals surface area contributed by atoms with E-state index in [4.69, 9.17) is 0 Å². The van der Waals surface area contributed by atoms with Gasteiger partial charge in [0.05, 0.1) is 0 Å². The first kappa shape index (κ1) is 8.97. The molecule has 1 rings (SSSR count). The van der Waals surface area contributed by atoms with Crippen LogP contribution in [0.3, 0.4) is 0 Å². The lowest BCUT2D eigenvalue weighted by Crippen LogP contribution is -2.19. The summed E-state index contributed by atoms with van der Waals surface area (Å²) >= 11 is 0. The van der Waals surface area contributed by atoms with E-state index >= 15 is 0 Å². The Balaban J connectivity index is 2.63. The fourth-order valence-electron chi connectivity index (χ4n) is 0.906. The monoisotopic (exact) mass is 165 g/mol. The molecule has 0 spiro atoms. The van der Waals surface area contributed by atoms with Crippen molar-refractivity contribution in [2.24, 2.45) is 5.41 Å². The molecule has 3 heteroatoms. The Morgan fingerprint density at radius 3 is 2.67 bits per heavy atom. The van der Waals surface area contributed by atoms with Crippen molar-refractivity contribution in [1.82, 2.24) is 9.78 Å². The summed E-state index contributed by atoms with van der Waals surface area (Å²) in [5, 5.41) is 3.74. The second kappa shape index (κ2) is 3.09. The van der Waals surface area contributed by atoms with Crippen LogP contribution in [-0.4, -0.2) is 15.7 Å². The van der Waals surface area contributed by atoms with Crippen LogP contribution in [0.1, 0.15) is 32.0 Å². The number of carbonyl (C=O) groups excluding carboxylic acids is 1. The van der Waals surface area contributed by atoms with Crippen molar-refractivity contribution >= 4 is 5.91 Å². The highest BCUT2D eigenvalue weighted by Crippen LogP contribution is 2.18. The number of rotatable bonds is 1. The Labute approximate surface area is 72.4 Å². The lowest BCUT2D eigenvalue weighted by Gasteiger charge is -2.15. The first-order valence-corrected chi connectivity index (χ1v) is 3.94. The summed E-state index contributed by atoms with van der Waals surface area (Å²) in [6.45, 7) is 6.08. The van der Waals surface area contributed by atoms with E-state index in [1.165, 1.54) is 4.68 Å². The molecule has 1 aromatic rings. The van der Waals surface area contributed by atoms with Gasteiger partial charge in [0.1, 0.15) is 6.20 Å². The van der Waals surface area contributed by atoms with Crippen LogP contribution in [0.15, 0.2) is 12.3 Å². The van der Waals surface area contributed by atoms with Crippen molar-refractivity contribution < 1.29 is 4.79 Å². The summed E-state index contributed by atoms with van der Waals surface area (Å²) in [7, 11) is 0. The molecule has 1 radical (unpaired) electrons. The Morgan fingerprint density at radius 1 is 1.58 bits per heavy atom. The average molecular weight is 165 g/mol. The third-order valence-corrected chi connectivity index (χ3v) is 1.39. The Hall–Kier alpha value is -1.12. The molecule has 0 amide bonds. The average Bonchev–Trinajstić information content (AvgIpc) is 2.32. The van der Waals surface area contributed by atoms with Gasteiger partial charge in [-0.05, 0) is 11.5 Å². The van der Waals surface area contributed by atoms with Crippen LogP contribution in [0.4, 0.5) is 0 Å². The normalized spacial score (nSPS) is 11.6. The third kappa shape index (κ3) is 2.49. The summed E-state index contributed by atoms with van der Waals surface area (Å²) in [5.41, 5.74) is 0.0169. The van der Waals surface area contributed by atoms with E-state index in [0.717, 1.165) is 0 Å². The van der Waals surface area contributed by atoms with E-state index in [1.807, 2.05) is 20.8 Å². The molecule has 0 aliphatic rings. The molecule has 0 unspecified atom stereocenters. The standard InChI is InChI=1S/C9H13N2O/c1-9(2,3)7-8(12)11-6-4-5-10-11/h4,6H,7H2,1-3H3. The molecule has 0 aliphatic carbocycles. The first-order valence-electron chi connectivity index (χ1n) is 3.94. The highest BCUT2D eigenvalue weighted by atomic mass is 16.2. The van der Waals surface area contributed by atoms with Crippen LogP contribution in [0.2, 0.25) is 0 Å². The number of hydrogen-bond acceptors (Lipinski definition) is 2. The highest BCUT2D eigenvalue weighted by Gasteiger charge is 2.16. The van der Waals surface area contributed by atoms with Gasteiger partial charge in [-0.1, -0.05) is 20.8 Å². The molecule has 0 fully saturated rings. The minimum absolute atomic E-state index is 0.0169. The molecule has 0 aliphatic heterocycles. The smallest absolute Gasteiger partial charge is 0.247 e. The number of nitrogens with zero attached hydrogens (tertiary/aromatic N) is 2. The van der Waals surface area contributed by atoms with Gasteiger partial charge in [0.2, 0.25) is 5.91 Å². The molecule has 3 nitrogen and oxygen atoms in total. The van der Waals surface area contributed by atoms with Gasteiger partial charge >= 0.3 is 0 Å². The molecule has 1 aromatic heterocycles. The second-order valence-electron chi connectivity index (χ2n) is 4.02. The zero-order valence-electron chi connectivity index (χ0n) is 7.66. The summed E-state index contributed by atoms with van der Waals surface area (Å²) in [4.78, 5) is 11.4. The van der Waals surface area contributed by atoms with Crippen LogP contribution in [-0.2, 0) is 0 Å². The van der Waals surface area contributed by atoms with Crippen LogP contribution < -0.4 is 0 Å². The van der Waals surface area contributed by atoms with Crippen LogP contribution in [0.5, 0.6) is 0 Å². The zero-order valence-corrected chi connectivity index (χ0v) is 7.66. The maximum Gasteiger partial charge on any atom is 0.247 e. The van der Waals surface area contributed by atoms with Crippen LogP contribution in [0.25, 0.3) is 0 Å². The topological polar surface area (TPSA) is 34.9 Å². The van der Waals surface area contributed by atoms with E-state index in [2.05, 4.69) is 11.3 Å². The van der Waals surface area contributed by atoms with Gasteiger partial charge < -0.3 is 0 Å². The highest BCUT2D eigenvalue weighted by molar-refractivity contribution is 5.78. The van der Waals surface area contributed by atoms with Gasteiger partial charge in [-0.2, -0.15) is 5.10 Å². The van der Waals surface area contributed by atoms with Crippen molar-refractivity contribution in [3.05, 3.63) is 18.5 Å². The number of carbonyl (C=O) groups is 1. The molecule has 0 saturated heterocycles. The van der Waals surface area contributed by atoms with Crippen LogP contribution >= 0.6 is 0 Å². The quantitative estimate of drug-likeness (QED) is 0.635. The van der Waals surface area contributed by atoms with E-state index < -0.39 is 0 Å². The molecular weight excluding hydrogens is 152 g/mol. The minimum Gasteiger partial charge on any atom is -0.273 e. The molecule has 0 atom stereocenters. The van der Waals surface area contributed by atoms with Crippen molar-refractivity contribution in [2.45, 2.75) is 27.2 Å². The third-order valence-electron chi connectivity index (χ3n) is 1.39. The Kier molecular flexibility index (Phi) is 2.31. The maximum absolute atomic E-state index is 11.4. The first-order chi connectivity index (χ1) is 5.49. The predicted octanol–water partition coefficient (Wildman–Crippen LogP) is 1.76. The summed E-state index contributed by atoms with van der Waals surface area (Å²) < 4.78 is 1.32. The van der Waals surface area contributed by atoms with Crippen molar-refractivity contribution in [3.63, 3.8) is 0 Å². The Morgan fingerprint density at radius 2 is 2.25 bits per heavy atom. The molecule has 1 heterocycles. The van der Waals surface area contributed by atoms with E-state index in [-0.39, 0.29) is 11.3 Å². The van der Waals surface area contributed by atoms with Gasteiger partial charge in [-0.25, -0.2) is 4.68 Å². The van der Waals surface area contributed by atoms with Crippen molar-refractivity contribution in [3.8, 4) is 0 Å². The van der Waals surface area contributed by atoms with Crippen molar-refractivity contribution in [1.29, 1.82) is 0 Å². The molecule has 0 aromatic carbocycles. The molecule has 0 saturated carbocycles. The maximum atomic E-state index is 11.4. The van der Waals surface area contributed by atoms with Gasteiger partial charge in [0, 0.05) is 12.6 Å². The lowest BCUT2D eigenvalue weighted by molar-refractivity contribution is 0.0840. The summed E-state index contributed by atoms with van der Waals surface area (Å²) in [5.74, 6) is 0.0174. The predicted molar refractivity (Wildman–Crippen MR) is 45.8 cm³/mol. The molecular formula is C9H13N2O. The number of hydrogen-bond donors (Lipinski definition) is 0. The fraction of sp³-hybridized carbons (Fsp3) is 0.556. The molecule has 12 heavy (non-hydrogen) atoms. The summed E-state index contributed by atoms with van der Waals surface area (Å²) in [6, 6.07) is 1.63. The molecule has 0 bridgehead atoms. The van der Waals surface area contributed by atoms with Gasteiger partial charge in [-0.3, -0.25) is 4.79 Å². The summed E-state index contributed by atoms with van der Waals surface area (Å²) in [6.07, 6.45) is 4.71. The van der Waals surface area contributed by atoms with Gasteiger partial charge in [0.15, 0.2) is 0 Å². The van der Waals surface area contributed by atoms with Crippen molar-refractivity contribution in [2.75, 3.05) is 0 Å².